The molecule has 0 bridgehead atoms. The molecule has 2 rings (SSSR count). The van der Waals surface area contributed by atoms with Crippen LogP contribution < -0.4 is 10.6 Å². The second-order valence-corrected chi connectivity index (χ2v) is 6.77. The van der Waals surface area contributed by atoms with E-state index in [0.29, 0.717) is 6.04 Å². The molecule has 0 saturated heterocycles. The first-order valence-corrected chi connectivity index (χ1v) is 8.17. The summed E-state index contributed by atoms with van der Waals surface area (Å²) in [5.74, 6) is 1.62. The van der Waals surface area contributed by atoms with Crippen LogP contribution in [0.25, 0.3) is 0 Å². The van der Waals surface area contributed by atoms with E-state index >= 15 is 0 Å². The van der Waals surface area contributed by atoms with Gasteiger partial charge in [-0.1, -0.05) is 32.8 Å². The van der Waals surface area contributed by atoms with Crippen LogP contribution in [0.15, 0.2) is 24.3 Å². The van der Waals surface area contributed by atoms with Crippen LogP contribution in [0.2, 0.25) is 0 Å². The summed E-state index contributed by atoms with van der Waals surface area (Å²) in [7, 11) is 0. The molecule has 0 aromatic heterocycles. The van der Waals surface area contributed by atoms with Gasteiger partial charge >= 0.3 is 0 Å². The smallest absolute Gasteiger partial charge is 0.221 e. The lowest BCUT2D eigenvalue weighted by Crippen LogP contribution is -2.28. The molecule has 1 aromatic rings. The van der Waals surface area contributed by atoms with Crippen molar-refractivity contribution in [2.75, 3.05) is 10.6 Å². The zero-order valence-electron chi connectivity index (χ0n) is 13.5. The zero-order chi connectivity index (χ0) is 15.2. The SMILES string of the molecule is CC(=O)Nc1cccc(NC2CCCC(CC(C)C)C2)c1. The zero-order valence-corrected chi connectivity index (χ0v) is 13.5. The molecule has 1 fully saturated rings. The van der Waals surface area contributed by atoms with E-state index in [4.69, 9.17) is 0 Å². The van der Waals surface area contributed by atoms with E-state index in [1.54, 1.807) is 0 Å². The highest BCUT2D eigenvalue weighted by Crippen LogP contribution is 2.31. The summed E-state index contributed by atoms with van der Waals surface area (Å²) >= 11 is 0. The van der Waals surface area contributed by atoms with Gasteiger partial charge in [0, 0.05) is 24.3 Å². The van der Waals surface area contributed by atoms with Gasteiger partial charge in [0.1, 0.15) is 0 Å². The number of rotatable bonds is 5. The number of benzene rings is 1. The maximum atomic E-state index is 11.1. The molecule has 1 amide bonds. The van der Waals surface area contributed by atoms with E-state index in [1.165, 1.54) is 39.0 Å². The Hall–Kier alpha value is -1.51. The average Bonchev–Trinajstić information content (AvgIpc) is 2.37. The molecule has 2 unspecified atom stereocenters. The lowest BCUT2D eigenvalue weighted by atomic mass is 9.81. The van der Waals surface area contributed by atoms with Gasteiger partial charge in [0.25, 0.3) is 0 Å². The monoisotopic (exact) mass is 288 g/mol. The summed E-state index contributed by atoms with van der Waals surface area (Å²) in [5, 5.41) is 6.48. The van der Waals surface area contributed by atoms with Crippen LogP contribution in [0.1, 0.15) is 52.9 Å². The minimum absolute atomic E-state index is 0.0261. The third-order valence-corrected chi connectivity index (χ3v) is 4.14. The summed E-state index contributed by atoms with van der Waals surface area (Å²) in [4.78, 5) is 11.1. The van der Waals surface area contributed by atoms with Crippen LogP contribution in [0.4, 0.5) is 11.4 Å². The molecule has 0 spiro atoms. The Balaban J connectivity index is 1.93. The quantitative estimate of drug-likeness (QED) is 0.827. The van der Waals surface area contributed by atoms with Crippen LogP contribution in [-0.4, -0.2) is 11.9 Å². The third-order valence-electron chi connectivity index (χ3n) is 4.14. The van der Waals surface area contributed by atoms with Gasteiger partial charge in [0.05, 0.1) is 0 Å². The molecule has 1 aromatic carbocycles. The highest BCUT2D eigenvalue weighted by atomic mass is 16.1. The van der Waals surface area contributed by atoms with Crippen LogP contribution >= 0.6 is 0 Å². The van der Waals surface area contributed by atoms with Crippen molar-refractivity contribution in [1.82, 2.24) is 0 Å². The Morgan fingerprint density at radius 2 is 2.05 bits per heavy atom. The maximum absolute atomic E-state index is 11.1. The molecule has 0 aliphatic heterocycles. The first kappa shape index (κ1) is 15.9. The largest absolute Gasteiger partial charge is 0.382 e. The Bertz CT molecular complexity index is 470. The van der Waals surface area contributed by atoms with Gasteiger partial charge in [-0.25, -0.2) is 0 Å². The first-order valence-electron chi connectivity index (χ1n) is 8.17. The third kappa shape index (κ3) is 5.41. The van der Waals surface area contributed by atoms with E-state index in [9.17, 15) is 4.79 Å². The molecule has 0 radical (unpaired) electrons. The van der Waals surface area contributed by atoms with Crippen molar-refractivity contribution in [3.05, 3.63) is 24.3 Å². The average molecular weight is 288 g/mol. The molecule has 2 N–H and O–H groups in total. The summed E-state index contributed by atoms with van der Waals surface area (Å²) in [5.41, 5.74) is 1.97. The van der Waals surface area contributed by atoms with Crippen molar-refractivity contribution in [3.63, 3.8) is 0 Å². The maximum Gasteiger partial charge on any atom is 0.221 e. The van der Waals surface area contributed by atoms with Crippen LogP contribution in [0.5, 0.6) is 0 Å². The Morgan fingerprint density at radius 1 is 1.29 bits per heavy atom. The van der Waals surface area contributed by atoms with Crippen molar-refractivity contribution in [1.29, 1.82) is 0 Å². The van der Waals surface area contributed by atoms with Gasteiger partial charge in [-0.15, -0.1) is 0 Å². The highest BCUT2D eigenvalue weighted by Gasteiger charge is 2.22. The Labute approximate surface area is 128 Å². The summed E-state index contributed by atoms with van der Waals surface area (Å²) < 4.78 is 0. The van der Waals surface area contributed by atoms with Gasteiger partial charge in [-0.2, -0.15) is 0 Å². The van der Waals surface area contributed by atoms with Crippen LogP contribution in [0, 0.1) is 11.8 Å². The highest BCUT2D eigenvalue weighted by molar-refractivity contribution is 5.89. The van der Waals surface area contributed by atoms with Crippen molar-refractivity contribution >= 4 is 17.3 Å². The summed E-state index contributed by atoms with van der Waals surface area (Å²) in [6.07, 6.45) is 6.55. The second kappa shape index (κ2) is 7.48. The Morgan fingerprint density at radius 3 is 2.76 bits per heavy atom. The minimum Gasteiger partial charge on any atom is -0.382 e. The van der Waals surface area contributed by atoms with Gasteiger partial charge in [0.2, 0.25) is 5.91 Å². The molecule has 1 aliphatic carbocycles. The fraction of sp³-hybridized carbons (Fsp3) is 0.611. The first-order chi connectivity index (χ1) is 10.0. The molecule has 3 nitrogen and oxygen atoms in total. The van der Waals surface area contributed by atoms with Gasteiger partial charge in [-0.05, 0) is 49.3 Å². The predicted octanol–water partition coefficient (Wildman–Crippen LogP) is 4.66. The summed E-state index contributed by atoms with van der Waals surface area (Å²) in [6, 6.07) is 8.58. The van der Waals surface area contributed by atoms with E-state index in [0.717, 1.165) is 23.2 Å². The number of amides is 1. The van der Waals surface area contributed by atoms with Crippen LogP contribution in [0.3, 0.4) is 0 Å². The van der Waals surface area contributed by atoms with E-state index in [-0.39, 0.29) is 5.91 Å². The standard InChI is InChI=1S/C18H28N2O/c1-13(2)10-15-6-4-7-16(11-15)20-18-9-5-8-17(12-18)19-14(3)21/h5,8-9,12-13,15-16,20H,4,6-7,10-11H2,1-3H3,(H,19,21). The second-order valence-electron chi connectivity index (χ2n) is 6.77. The molecule has 3 heteroatoms. The van der Waals surface area contributed by atoms with E-state index in [1.807, 2.05) is 18.2 Å². The van der Waals surface area contributed by atoms with Gasteiger partial charge in [0.15, 0.2) is 0 Å². The fourth-order valence-corrected chi connectivity index (χ4v) is 3.43. The van der Waals surface area contributed by atoms with E-state index < -0.39 is 0 Å². The molecular formula is C18H28N2O. The van der Waals surface area contributed by atoms with Crippen LogP contribution in [-0.2, 0) is 4.79 Å². The van der Waals surface area contributed by atoms with Crippen molar-refractivity contribution < 1.29 is 4.79 Å². The summed E-state index contributed by atoms with van der Waals surface area (Å²) in [6.45, 7) is 6.17. The topological polar surface area (TPSA) is 41.1 Å². The number of carbonyl (C=O) groups excluding carboxylic acids is 1. The molecule has 116 valence electrons. The van der Waals surface area contributed by atoms with Crippen molar-refractivity contribution in [2.45, 2.75) is 58.9 Å². The fourth-order valence-electron chi connectivity index (χ4n) is 3.43. The number of nitrogens with one attached hydrogen (secondary N) is 2. The van der Waals surface area contributed by atoms with Crippen molar-refractivity contribution in [2.24, 2.45) is 11.8 Å². The number of anilines is 2. The number of hydrogen-bond acceptors (Lipinski definition) is 2. The predicted molar refractivity (Wildman–Crippen MR) is 89.6 cm³/mol. The lowest BCUT2D eigenvalue weighted by Gasteiger charge is -2.31. The van der Waals surface area contributed by atoms with E-state index in [2.05, 4.69) is 30.5 Å². The minimum atomic E-state index is -0.0261. The number of hydrogen-bond donors (Lipinski definition) is 2. The number of carbonyl (C=O) groups is 1. The van der Waals surface area contributed by atoms with Gasteiger partial charge < -0.3 is 10.6 Å². The molecule has 0 heterocycles. The molecular weight excluding hydrogens is 260 g/mol. The normalized spacial score (nSPS) is 22.1. The Kier molecular flexibility index (Phi) is 5.66. The lowest BCUT2D eigenvalue weighted by molar-refractivity contribution is -0.114. The molecule has 1 aliphatic rings. The molecule has 2 atom stereocenters. The van der Waals surface area contributed by atoms with Crippen molar-refractivity contribution in [3.8, 4) is 0 Å². The molecule has 21 heavy (non-hydrogen) atoms. The molecule has 1 saturated carbocycles. The van der Waals surface area contributed by atoms with Gasteiger partial charge in [-0.3, -0.25) is 4.79 Å².